The van der Waals surface area contributed by atoms with Crippen molar-refractivity contribution in [3.05, 3.63) is 0 Å². The minimum Gasteiger partial charge on any atom is -0.385 e. The lowest BCUT2D eigenvalue weighted by Crippen LogP contribution is -2.66. The Hall–Kier alpha value is -0.650. The lowest BCUT2D eigenvalue weighted by molar-refractivity contribution is -0.169. The summed E-state index contributed by atoms with van der Waals surface area (Å²) in [5, 5.41) is 0. The van der Waals surface area contributed by atoms with Crippen LogP contribution in [0.3, 0.4) is 0 Å². The van der Waals surface area contributed by atoms with Gasteiger partial charge in [0.15, 0.2) is 0 Å². The third-order valence-electron chi connectivity index (χ3n) is 3.81. The van der Waals surface area contributed by atoms with Gasteiger partial charge in [-0.1, -0.05) is 0 Å². The molecule has 2 saturated heterocycles. The van der Waals surface area contributed by atoms with E-state index in [1.54, 1.807) is 14.2 Å². The van der Waals surface area contributed by atoms with E-state index in [2.05, 4.69) is 0 Å². The number of carbonyl (C=O) groups excluding carboxylic acids is 1. The predicted octanol–water partition coefficient (Wildman–Crippen LogP) is 0.287. The molecule has 0 bridgehead atoms. The van der Waals surface area contributed by atoms with E-state index in [0.29, 0.717) is 19.0 Å². The molecule has 0 N–H and O–H groups in total. The standard InChI is InChI=1S/C12H21NO4/c1-15-5-3-10-4-6-17-12(10)8-13(9-12)11(14)7-16-2/h10H,3-9H2,1-2H3. The van der Waals surface area contributed by atoms with Gasteiger partial charge in [-0.15, -0.1) is 0 Å². The molecule has 0 aromatic carbocycles. The number of amides is 1. The van der Waals surface area contributed by atoms with E-state index in [9.17, 15) is 4.79 Å². The van der Waals surface area contributed by atoms with Crippen molar-refractivity contribution in [2.24, 2.45) is 5.92 Å². The second-order valence-corrected chi connectivity index (χ2v) is 4.86. The highest BCUT2D eigenvalue weighted by molar-refractivity contribution is 5.78. The Kier molecular flexibility index (Phi) is 4.01. The van der Waals surface area contributed by atoms with E-state index in [1.165, 1.54) is 0 Å². The number of nitrogens with zero attached hydrogens (tertiary/aromatic N) is 1. The van der Waals surface area contributed by atoms with Gasteiger partial charge in [0.05, 0.1) is 13.1 Å². The van der Waals surface area contributed by atoms with Crippen molar-refractivity contribution in [3.8, 4) is 0 Å². The zero-order chi connectivity index (χ0) is 12.3. The van der Waals surface area contributed by atoms with E-state index in [4.69, 9.17) is 14.2 Å². The van der Waals surface area contributed by atoms with Gasteiger partial charge < -0.3 is 19.1 Å². The van der Waals surface area contributed by atoms with Crippen LogP contribution in [0.5, 0.6) is 0 Å². The monoisotopic (exact) mass is 243 g/mol. The number of carbonyl (C=O) groups is 1. The largest absolute Gasteiger partial charge is 0.385 e. The van der Waals surface area contributed by atoms with E-state index in [0.717, 1.165) is 26.1 Å². The van der Waals surface area contributed by atoms with Gasteiger partial charge in [0.25, 0.3) is 0 Å². The van der Waals surface area contributed by atoms with Crippen molar-refractivity contribution in [2.75, 3.05) is 47.1 Å². The molecule has 2 aliphatic heterocycles. The molecule has 1 spiro atoms. The van der Waals surface area contributed by atoms with Crippen molar-refractivity contribution < 1.29 is 19.0 Å². The van der Waals surface area contributed by atoms with Crippen LogP contribution in [0.4, 0.5) is 0 Å². The van der Waals surface area contributed by atoms with Crippen LogP contribution in [0.15, 0.2) is 0 Å². The highest BCUT2D eigenvalue weighted by Gasteiger charge is 2.53. The first kappa shape index (κ1) is 12.8. The lowest BCUT2D eigenvalue weighted by Gasteiger charge is -2.50. The zero-order valence-electron chi connectivity index (χ0n) is 10.6. The Morgan fingerprint density at radius 1 is 1.41 bits per heavy atom. The molecule has 0 aliphatic carbocycles. The average molecular weight is 243 g/mol. The van der Waals surface area contributed by atoms with E-state index in [-0.39, 0.29) is 18.1 Å². The second-order valence-electron chi connectivity index (χ2n) is 4.86. The van der Waals surface area contributed by atoms with Crippen molar-refractivity contribution in [1.29, 1.82) is 0 Å². The molecule has 2 heterocycles. The van der Waals surface area contributed by atoms with E-state index in [1.807, 2.05) is 4.90 Å². The van der Waals surface area contributed by atoms with E-state index < -0.39 is 0 Å². The fourth-order valence-electron chi connectivity index (χ4n) is 2.79. The summed E-state index contributed by atoms with van der Waals surface area (Å²) < 4.78 is 15.8. The maximum absolute atomic E-state index is 11.6. The number of hydrogen-bond donors (Lipinski definition) is 0. The predicted molar refractivity (Wildman–Crippen MR) is 61.7 cm³/mol. The summed E-state index contributed by atoms with van der Waals surface area (Å²) >= 11 is 0. The number of ether oxygens (including phenoxy) is 3. The van der Waals surface area contributed by atoms with Crippen LogP contribution in [0.25, 0.3) is 0 Å². The number of rotatable bonds is 5. The van der Waals surface area contributed by atoms with Gasteiger partial charge >= 0.3 is 0 Å². The van der Waals surface area contributed by atoms with Crippen LogP contribution >= 0.6 is 0 Å². The van der Waals surface area contributed by atoms with Crippen LogP contribution in [0, 0.1) is 5.92 Å². The summed E-state index contributed by atoms with van der Waals surface area (Å²) in [4.78, 5) is 13.4. The highest BCUT2D eigenvalue weighted by Crippen LogP contribution is 2.41. The first-order valence-corrected chi connectivity index (χ1v) is 6.11. The maximum Gasteiger partial charge on any atom is 0.248 e. The molecule has 1 amide bonds. The van der Waals surface area contributed by atoms with Gasteiger partial charge in [0.2, 0.25) is 5.91 Å². The molecule has 5 nitrogen and oxygen atoms in total. The quantitative estimate of drug-likeness (QED) is 0.696. The molecule has 2 aliphatic rings. The Labute approximate surface area is 102 Å². The van der Waals surface area contributed by atoms with Crippen LogP contribution in [-0.2, 0) is 19.0 Å². The van der Waals surface area contributed by atoms with Gasteiger partial charge in [-0.05, 0) is 18.8 Å². The fraction of sp³-hybridized carbons (Fsp3) is 0.917. The molecule has 0 aromatic rings. The molecule has 98 valence electrons. The third-order valence-corrected chi connectivity index (χ3v) is 3.81. The first-order chi connectivity index (χ1) is 8.22. The van der Waals surface area contributed by atoms with Crippen molar-refractivity contribution in [1.82, 2.24) is 4.90 Å². The molecule has 2 rings (SSSR count). The minimum atomic E-state index is -0.0953. The Bertz CT molecular complexity index is 276. The second kappa shape index (κ2) is 5.33. The van der Waals surface area contributed by atoms with Crippen LogP contribution in [0.1, 0.15) is 12.8 Å². The topological polar surface area (TPSA) is 48.0 Å². The van der Waals surface area contributed by atoms with Gasteiger partial charge in [-0.2, -0.15) is 0 Å². The van der Waals surface area contributed by atoms with Gasteiger partial charge in [-0.25, -0.2) is 0 Å². The molecule has 1 atom stereocenters. The van der Waals surface area contributed by atoms with Crippen molar-refractivity contribution in [2.45, 2.75) is 18.4 Å². The Morgan fingerprint density at radius 3 is 2.82 bits per heavy atom. The first-order valence-electron chi connectivity index (χ1n) is 6.11. The van der Waals surface area contributed by atoms with Crippen molar-refractivity contribution in [3.63, 3.8) is 0 Å². The Morgan fingerprint density at radius 2 is 2.18 bits per heavy atom. The van der Waals surface area contributed by atoms with Gasteiger partial charge in [-0.3, -0.25) is 4.79 Å². The molecule has 2 fully saturated rings. The minimum absolute atomic E-state index is 0.0547. The average Bonchev–Trinajstić information content (AvgIpc) is 2.68. The third kappa shape index (κ3) is 2.46. The number of likely N-dealkylation sites (tertiary alicyclic amines) is 1. The smallest absolute Gasteiger partial charge is 0.248 e. The summed E-state index contributed by atoms with van der Waals surface area (Å²) in [6.45, 7) is 3.16. The molecule has 1 unspecified atom stereocenters. The molecule has 0 radical (unpaired) electrons. The lowest BCUT2D eigenvalue weighted by atomic mass is 9.79. The molecule has 0 saturated carbocycles. The van der Waals surface area contributed by atoms with Crippen LogP contribution < -0.4 is 0 Å². The van der Waals surface area contributed by atoms with Crippen molar-refractivity contribution >= 4 is 5.91 Å². The SMILES string of the molecule is COCCC1CCOC12CN(C(=O)COC)C2. The van der Waals surface area contributed by atoms with Crippen LogP contribution in [-0.4, -0.2) is 63.5 Å². The number of hydrogen-bond acceptors (Lipinski definition) is 4. The molecule has 0 aromatic heterocycles. The molecule has 5 heteroatoms. The normalized spacial score (nSPS) is 26.2. The fourth-order valence-corrected chi connectivity index (χ4v) is 2.79. The van der Waals surface area contributed by atoms with Crippen LogP contribution in [0.2, 0.25) is 0 Å². The molecular weight excluding hydrogens is 222 g/mol. The molecule has 17 heavy (non-hydrogen) atoms. The number of methoxy groups -OCH3 is 2. The molecular formula is C12H21NO4. The van der Waals surface area contributed by atoms with Gasteiger partial charge in [0, 0.05) is 27.4 Å². The summed E-state index contributed by atoms with van der Waals surface area (Å²) in [5.41, 5.74) is -0.0953. The summed E-state index contributed by atoms with van der Waals surface area (Å²) in [5.74, 6) is 0.577. The maximum atomic E-state index is 11.6. The Balaban J connectivity index is 1.84. The highest BCUT2D eigenvalue weighted by atomic mass is 16.5. The van der Waals surface area contributed by atoms with Gasteiger partial charge in [0.1, 0.15) is 12.2 Å². The summed E-state index contributed by atoms with van der Waals surface area (Å²) in [6, 6.07) is 0. The zero-order valence-corrected chi connectivity index (χ0v) is 10.6. The van der Waals surface area contributed by atoms with E-state index >= 15 is 0 Å². The summed E-state index contributed by atoms with van der Waals surface area (Å²) in [6.07, 6.45) is 2.10. The summed E-state index contributed by atoms with van der Waals surface area (Å²) in [7, 11) is 3.26.